The van der Waals surface area contributed by atoms with Crippen molar-refractivity contribution in [1.82, 2.24) is 24.6 Å². The van der Waals surface area contributed by atoms with Gasteiger partial charge in [0, 0.05) is 31.4 Å². The number of benzene rings is 4. The molecule has 0 unspecified atom stereocenters. The van der Waals surface area contributed by atoms with E-state index in [2.05, 4.69) is 58.3 Å². The van der Waals surface area contributed by atoms with Gasteiger partial charge in [-0.05, 0) is 52.4 Å². The molecule has 7 heteroatoms. The molecule has 210 valence electrons. The number of aromatic nitrogens is 4. The minimum Gasteiger partial charge on any atom is -0.486 e. The largest absolute Gasteiger partial charge is 0.486 e. The van der Waals surface area contributed by atoms with Crippen LogP contribution in [-0.4, -0.2) is 31.2 Å². The molecule has 3 heterocycles. The van der Waals surface area contributed by atoms with Gasteiger partial charge in [-0.25, -0.2) is 9.37 Å². The van der Waals surface area contributed by atoms with E-state index in [1.165, 1.54) is 5.56 Å². The number of nitrogens with one attached hydrogen (secondary N) is 1. The van der Waals surface area contributed by atoms with Crippen molar-refractivity contribution in [1.29, 1.82) is 0 Å². The standard InChI is InChI=1S/C35H32FN5O/c1-2-26-18-34(42-23-25-11-7-4-8-12-25)30(36)19-29(26)27-13-14-28-20-37-41(33(28)17-27)35-38-31-15-16-40(22-32(31)39-35)21-24-9-5-3-6-10-24/h3-14,17-20H,2,15-16,21-23H2,1H3,(H,38,39). The number of hydrogen-bond acceptors (Lipinski definition) is 4. The summed E-state index contributed by atoms with van der Waals surface area (Å²) in [5, 5.41) is 5.67. The van der Waals surface area contributed by atoms with E-state index in [0.717, 1.165) is 77.0 Å². The maximum Gasteiger partial charge on any atom is 0.229 e. The number of H-pyrrole nitrogens is 1. The van der Waals surface area contributed by atoms with E-state index in [1.54, 1.807) is 6.07 Å². The van der Waals surface area contributed by atoms with Gasteiger partial charge in [-0.3, -0.25) is 4.90 Å². The van der Waals surface area contributed by atoms with Crippen LogP contribution < -0.4 is 4.74 Å². The molecular formula is C35H32FN5O. The summed E-state index contributed by atoms with van der Waals surface area (Å²) in [5.41, 5.74) is 8.27. The number of ether oxygens (including phenoxy) is 1. The van der Waals surface area contributed by atoms with Crippen LogP contribution in [0.3, 0.4) is 0 Å². The van der Waals surface area contributed by atoms with E-state index in [1.807, 2.05) is 59.4 Å². The molecule has 42 heavy (non-hydrogen) atoms. The third kappa shape index (κ3) is 5.19. The summed E-state index contributed by atoms with van der Waals surface area (Å²) < 4.78 is 23.0. The number of imidazole rings is 1. The summed E-state index contributed by atoms with van der Waals surface area (Å²) >= 11 is 0. The summed E-state index contributed by atoms with van der Waals surface area (Å²) in [6.45, 7) is 5.10. The van der Waals surface area contributed by atoms with Crippen molar-refractivity contribution in [2.45, 2.75) is 39.5 Å². The Kier molecular flexibility index (Phi) is 7.01. The highest BCUT2D eigenvalue weighted by Crippen LogP contribution is 2.33. The fraction of sp³-hybridized carbons (Fsp3) is 0.200. The van der Waals surface area contributed by atoms with Crippen LogP contribution in [-0.2, 0) is 32.5 Å². The SMILES string of the molecule is CCc1cc(OCc2ccccc2)c(F)cc1-c1ccc2cnn(-c3nc4c([nH]3)CN(Cc3ccccc3)CC4)c2c1. The summed E-state index contributed by atoms with van der Waals surface area (Å²) in [6.07, 6.45) is 3.49. The van der Waals surface area contributed by atoms with Gasteiger partial charge in [0.2, 0.25) is 5.95 Å². The van der Waals surface area contributed by atoms with E-state index in [0.29, 0.717) is 12.6 Å². The van der Waals surface area contributed by atoms with E-state index in [4.69, 9.17) is 9.72 Å². The summed E-state index contributed by atoms with van der Waals surface area (Å²) in [4.78, 5) is 10.9. The highest BCUT2D eigenvalue weighted by molar-refractivity contribution is 5.86. The average Bonchev–Trinajstić information content (AvgIpc) is 3.65. The molecule has 0 fully saturated rings. The first-order valence-corrected chi connectivity index (χ1v) is 14.5. The molecule has 6 nitrogen and oxygen atoms in total. The van der Waals surface area contributed by atoms with Gasteiger partial charge >= 0.3 is 0 Å². The number of hydrogen-bond donors (Lipinski definition) is 1. The number of aryl methyl sites for hydroxylation is 1. The molecule has 0 amide bonds. The third-order valence-electron chi connectivity index (χ3n) is 8.01. The Bertz CT molecular complexity index is 1840. The van der Waals surface area contributed by atoms with Crippen molar-refractivity contribution < 1.29 is 9.13 Å². The molecule has 0 aliphatic carbocycles. The number of rotatable bonds is 8. The van der Waals surface area contributed by atoms with Crippen LogP contribution in [0.1, 0.15) is 35.0 Å². The molecule has 0 bridgehead atoms. The lowest BCUT2D eigenvalue weighted by molar-refractivity contribution is 0.241. The Labute approximate surface area is 244 Å². The van der Waals surface area contributed by atoms with Crippen molar-refractivity contribution >= 4 is 10.9 Å². The molecule has 1 N–H and O–H groups in total. The molecular weight excluding hydrogens is 525 g/mol. The normalized spacial score (nSPS) is 13.4. The van der Waals surface area contributed by atoms with Crippen molar-refractivity contribution in [2.24, 2.45) is 0 Å². The maximum absolute atomic E-state index is 15.3. The summed E-state index contributed by atoms with van der Waals surface area (Å²) in [5.74, 6) is 0.610. The molecule has 1 aliphatic heterocycles. The van der Waals surface area contributed by atoms with Crippen molar-refractivity contribution in [3.8, 4) is 22.8 Å². The second kappa shape index (κ2) is 11.3. The Hall–Kier alpha value is -4.75. The Morgan fingerprint density at radius 3 is 2.50 bits per heavy atom. The molecule has 0 atom stereocenters. The van der Waals surface area contributed by atoms with E-state index in [-0.39, 0.29) is 11.6 Å². The summed E-state index contributed by atoms with van der Waals surface area (Å²) in [6, 6.07) is 29.9. The number of aromatic amines is 1. The van der Waals surface area contributed by atoms with Crippen LogP contribution >= 0.6 is 0 Å². The average molecular weight is 558 g/mol. The van der Waals surface area contributed by atoms with E-state index < -0.39 is 0 Å². The molecule has 0 radical (unpaired) electrons. The molecule has 0 saturated carbocycles. The maximum atomic E-state index is 15.3. The topological polar surface area (TPSA) is 59.0 Å². The lowest BCUT2D eigenvalue weighted by Crippen LogP contribution is -2.30. The Balaban J connectivity index is 1.16. The molecule has 7 rings (SSSR count). The monoisotopic (exact) mass is 557 g/mol. The number of fused-ring (bicyclic) bond motifs is 2. The molecule has 6 aromatic rings. The van der Waals surface area contributed by atoms with Gasteiger partial charge in [0.05, 0.1) is 23.1 Å². The van der Waals surface area contributed by atoms with Crippen LogP contribution in [0, 0.1) is 5.82 Å². The van der Waals surface area contributed by atoms with Crippen LogP contribution in [0.4, 0.5) is 4.39 Å². The van der Waals surface area contributed by atoms with Crippen molar-refractivity contribution in [3.63, 3.8) is 0 Å². The number of halogens is 1. The van der Waals surface area contributed by atoms with Gasteiger partial charge in [-0.15, -0.1) is 0 Å². The fourth-order valence-corrected chi connectivity index (χ4v) is 5.77. The zero-order valence-corrected chi connectivity index (χ0v) is 23.6. The van der Waals surface area contributed by atoms with Gasteiger partial charge in [0.25, 0.3) is 0 Å². The van der Waals surface area contributed by atoms with Crippen LogP contribution in [0.15, 0.2) is 97.2 Å². The van der Waals surface area contributed by atoms with Crippen LogP contribution in [0.25, 0.3) is 28.0 Å². The zero-order chi connectivity index (χ0) is 28.5. The third-order valence-corrected chi connectivity index (χ3v) is 8.01. The second-order valence-corrected chi connectivity index (χ2v) is 10.8. The minimum absolute atomic E-state index is 0.271. The minimum atomic E-state index is -0.370. The second-order valence-electron chi connectivity index (χ2n) is 10.8. The first-order chi connectivity index (χ1) is 20.6. The zero-order valence-electron chi connectivity index (χ0n) is 23.6. The molecule has 2 aromatic heterocycles. The van der Waals surface area contributed by atoms with Gasteiger partial charge in [-0.2, -0.15) is 9.78 Å². The summed E-state index contributed by atoms with van der Waals surface area (Å²) in [7, 11) is 0. The molecule has 4 aromatic carbocycles. The lowest BCUT2D eigenvalue weighted by Gasteiger charge is -2.25. The lowest BCUT2D eigenvalue weighted by atomic mass is 9.96. The number of nitrogens with zero attached hydrogens (tertiary/aromatic N) is 4. The predicted molar refractivity (Wildman–Crippen MR) is 163 cm³/mol. The van der Waals surface area contributed by atoms with Gasteiger partial charge in [-0.1, -0.05) is 79.7 Å². The Morgan fingerprint density at radius 2 is 1.71 bits per heavy atom. The van der Waals surface area contributed by atoms with Crippen LogP contribution in [0.2, 0.25) is 0 Å². The first kappa shape index (κ1) is 26.2. The smallest absolute Gasteiger partial charge is 0.229 e. The van der Waals surface area contributed by atoms with E-state index in [9.17, 15) is 0 Å². The van der Waals surface area contributed by atoms with E-state index >= 15 is 4.39 Å². The van der Waals surface area contributed by atoms with Gasteiger partial charge in [0.1, 0.15) is 6.61 Å². The molecule has 0 saturated heterocycles. The van der Waals surface area contributed by atoms with Crippen molar-refractivity contribution in [2.75, 3.05) is 6.54 Å². The fourth-order valence-electron chi connectivity index (χ4n) is 5.77. The van der Waals surface area contributed by atoms with Gasteiger partial charge in [0.15, 0.2) is 11.6 Å². The van der Waals surface area contributed by atoms with Crippen molar-refractivity contribution in [3.05, 3.63) is 131 Å². The van der Waals surface area contributed by atoms with Gasteiger partial charge < -0.3 is 9.72 Å². The quantitative estimate of drug-likeness (QED) is 0.214. The highest BCUT2D eigenvalue weighted by Gasteiger charge is 2.22. The first-order valence-electron chi connectivity index (χ1n) is 14.5. The Morgan fingerprint density at radius 1 is 0.929 bits per heavy atom. The molecule has 1 aliphatic rings. The highest BCUT2D eigenvalue weighted by atomic mass is 19.1. The van der Waals surface area contributed by atoms with Crippen LogP contribution in [0.5, 0.6) is 5.75 Å². The molecule has 0 spiro atoms. The predicted octanol–water partition coefficient (Wildman–Crippen LogP) is 7.25.